The minimum Gasteiger partial charge on any atom is -0.332 e. The minimum atomic E-state index is 0.422. The number of anilines is 2. The summed E-state index contributed by atoms with van der Waals surface area (Å²) in [5, 5.41) is 11.5. The topological polar surface area (TPSA) is 54.8 Å². The minimum absolute atomic E-state index is 0.422. The molecular weight excluding hydrogens is 342 g/mol. The lowest BCUT2D eigenvalue weighted by Gasteiger charge is -2.07. The van der Waals surface area contributed by atoms with Gasteiger partial charge in [-0.3, -0.25) is 5.32 Å². The number of halogens is 1. The molecule has 0 bridgehead atoms. The van der Waals surface area contributed by atoms with E-state index in [0.29, 0.717) is 22.6 Å². The summed E-state index contributed by atoms with van der Waals surface area (Å²) >= 11 is 11.1. The summed E-state index contributed by atoms with van der Waals surface area (Å²) in [6, 6.07) is 15.6. The summed E-state index contributed by atoms with van der Waals surface area (Å²) in [4.78, 5) is 4.22. The molecule has 0 aliphatic heterocycles. The van der Waals surface area contributed by atoms with Crippen molar-refractivity contribution >= 4 is 40.6 Å². The van der Waals surface area contributed by atoms with Crippen LogP contribution in [0.25, 0.3) is 0 Å². The molecular formula is C17H16ClN5S. The van der Waals surface area contributed by atoms with Crippen molar-refractivity contribution in [3.8, 4) is 0 Å². The van der Waals surface area contributed by atoms with Gasteiger partial charge in [-0.15, -0.1) is 5.10 Å². The third-order valence-corrected chi connectivity index (χ3v) is 3.79. The largest absolute Gasteiger partial charge is 0.332 e. The third-order valence-electron chi connectivity index (χ3n) is 3.33. The Bertz CT molecular complexity index is 827. The first-order chi connectivity index (χ1) is 11.6. The lowest BCUT2D eigenvalue weighted by molar-refractivity contribution is 0.687. The Hall–Kier alpha value is -2.44. The zero-order chi connectivity index (χ0) is 16.9. The maximum Gasteiger partial charge on any atom is 0.248 e. The summed E-state index contributed by atoms with van der Waals surface area (Å²) in [7, 11) is 0. The second-order valence-corrected chi connectivity index (χ2v) is 6.18. The number of nitrogens with one attached hydrogen (secondary N) is 2. The van der Waals surface area contributed by atoms with Crippen LogP contribution >= 0.6 is 23.8 Å². The van der Waals surface area contributed by atoms with Gasteiger partial charge in [-0.1, -0.05) is 41.4 Å². The first kappa shape index (κ1) is 16.4. The predicted molar refractivity (Wildman–Crippen MR) is 102 cm³/mol. The van der Waals surface area contributed by atoms with Crippen LogP contribution in [0.5, 0.6) is 0 Å². The highest BCUT2D eigenvalue weighted by molar-refractivity contribution is 7.80. The number of hydrogen-bond donors (Lipinski definition) is 2. The molecule has 0 saturated heterocycles. The first-order valence-electron chi connectivity index (χ1n) is 7.37. The summed E-state index contributed by atoms with van der Waals surface area (Å²) in [6.45, 7) is 2.72. The molecule has 0 spiro atoms. The molecule has 122 valence electrons. The van der Waals surface area contributed by atoms with E-state index in [0.717, 1.165) is 5.69 Å². The van der Waals surface area contributed by atoms with Gasteiger partial charge < -0.3 is 5.32 Å². The maximum absolute atomic E-state index is 5.86. The first-order valence-corrected chi connectivity index (χ1v) is 8.16. The van der Waals surface area contributed by atoms with E-state index in [4.69, 9.17) is 23.8 Å². The summed E-state index contributed by atoms with van der Waals surface area (Å²) in [5.41, 5.74) is 3.24. The van der Waals surface area contributed by atoms with E-state index in [2.05, 4.69) is 51.9 Å². The van der Waals surface area contributed by atoms with Gasteiger partial charge in [-0.25, -0.2) is 9.67 Å². The molecule has 3 rings (SSSR count). The van der Waals surface area contributed by atoms with E-state index in [9.17, 15) is 0 Å². The zero-order valence-corrected chi connectivity index (χ0v) is 14.6. The molecule has 2 N–H and O–H groups in total. The number of rotatable bonds is 4. The highest BCUT2D eigenvalue weighted by atomic mass is 35.5. The number of nitrogens with zero attached hydrogens (tertiary/aromatic N) is 3. The van der Waals surface area contributed by atoms with E-state index in [1.807, 2.05) is 12.1 Å². The number of hydrogen-bond acceptors (Lipinski definition) is 3. The average Bonchev–Trinajstić information content (AvgIpc) is 2.99. The number of benzene rings is 2. The monoisotopic (exact) mass is 357 g/mol. The third kappa shape index (κ3) is 4.53. The van der Waals surface area contributed by atoms with E-state index in [-0.39, 0.29) is 0 Å². The van der Waals surface area contributed by atoms with Gasteiger partial charge in [0.05, 0.1) is 6.54 Å². The predicted octanol–water partition coefficient (Wildman–Crippen LogP) is 4.10. The molecule has 2 aromatic carbocycles. The molecule has 0 unspecified atom stereocenters. The lowest BCUT2D eigenvalue weighted by atomic mass is 10.1. The van der Waals surface area contributed by atoms with Crippen LogP contribution in [-0.2, 0) is 6.54 Å². The number of aryl methyl sites for hydroxylation is 1. The van der Waals surface area contributed by atoms with Gasteiger partial charge >= 0.3 is 0 Å². The molecule has 1 heterocycles. The Morgan fingerprint density at radius 1 is 1.08 bits per heavy atom. The Labute approximate surface area is 150 Å². The van der Waals surface area contributed by atoms with Crippen molar-refractivity contribution in [2.24, 2.45) is 0 Å². The molecule has 0 aliphatic rings. The van der Waals surface area contributed by atoms with Crippen molar-refractivity contribution in [3.63, 3.8) is 0 Å². The summed E-state index contributed by atoms with van der Waals surface area (Å²) in [5.74, 6) is 0.452. The van der Waals surface area contributed by atoms with Gasteiger partial charge in [-0.05, 0) is 49.0 Å². The quantitative estimate of drug-likeness (QED) is 0.688. The van der Waals surface area contributed by atoms with Gasteiger partial charge in [0, 0.05) is 10.7 Å². The summed E-state index contributed by atoms with van der Waals surface area (Å²) in [6.07, 6.45) is 1.67. The van der Waals surface area contributed by atoms with Gasteiger partial charge in [-0.2, -0.15) is 0 Å². The smallest absolute Gasteiger partial charge is 0.248 e. The summed E-state index contributed by atoms with van der Waals surface area (Å²) < 4.78 is 1.76. The molecule has 5 nitrogen and oxygen atoms in total. The fourth-order valence-electron chi connectivity index (χ4n) is 2.11. The molecule has 1 aromatic heterocycles. The van der Waals surface area contributed by atoms with Crippen molar-refractivity contribution in [1.82, 2.24) is 14.8 Å². The van der Waals surface area contributed by atoms with Crippen LogP contribution in [0, 0.1) is 6.92 Å². The van der Waals surface area contributed by atoms with E-state index >= 15 is 0 Å². The Kier molecular flexibility index (Phi) is 5.08. The molecule has 3 aromatic rings. The van der Waals surface area contributed by atoms with Crippen molar-refractivity contribution < 1.29 is 0 Å². The Morgan fingerprint density at radius 2 is 1.79 bits per heavy atom. The van der Waals surface area contributed by atoms with Crippen molar-refractivity contribution in [2.45, 2.75) is 13.5 Å². The lowest BCUT2D eigenvalue weighted by Crippen LogP contribution is -2.20. The Morgan fingerprint density at radius 3 is 2.50 bits per heavy atom. The molecule has 0 amide bonds. The zero-order valence-electron chi connectivity index (χ0n) is 13.0. The van der Waals surface area contributed by atoms with Gasteiger partial charge in [0.25, 0.3) is 0 Å². The molecule has 0 atom stereocenters. The van der Waals surface area contributed by atoms with Gasteiger partial charge in [0.2, 0.25) is 5.95 Å². The second kappa shape index (κ2) is 7.42. The van der Waals surface area contributed by atoms with E-state index in [1.54, 1.807) is 23.1 Å². The fraction of sp³-hybridized carbons (Fsp3) is 0.118. The SMILES string of the molecule is Cc1ccc(Cn2cnc(NC(=S)Nc3ccc(Cl)cc3)n2)cc1. The number of thiocarbonyl (C=S) groups is 1. The second-order valence-electron chi connectivity index (χ2n) is 5.34. The van der Waals surface area contributed by atoms with E-state index in [1.165, 1.54) is 11.1 Å². The van der Waals surface area contributed by atoms with Gasteiger partial charge in [0.1, 0.15) is 6.33 Å². The van der Waals surface area contributed by atoms with Crippen molar-refractivity contribution in [1.29, 1.82) is 0 Å². The van der Waals surface area contributed by atoms with E-state index < -0.39 is 0 Å². The average molecular weight is 358 g/mol. The molecule has 0 fully saturated rings. The van der Waals surface area contributed by atoms with Crippen molar-refractivity contribution in [2.75, 3.05) is 10.6 Å². The maximum atomic E-state index is 5.86. The molecule has 0 radical (unpaired) electrons. The molecule has 24 heavy (non-hydrogen) atoms. The van der Waals surface area contributed by atoms with Crippen LogP contribution in [0.1, 0.15) is 11.1 Å². The van der Waals surface area contributed by atoms with Crippen molar-refractivity contribution in [3.05, 3.63) is 71.0 Å². The molecule has 0 aliphatic carbocycles. The molecule has 0 saturated carbocycles. The van der Waals surface area contributed by atoms with Crippen LogP contribution in [0.2, 0.25) is 5.02 Å². The Balaban J connectivity index is 1.58. The highest BCUT2D eigenvalue weighted by Crippen LogP contribution is 2.13. The van der Waals surface area contributed by atoms with Crippen LogP contribution in [0.3, 0.4) is 0 Å². The van der Waals surface area contributed by atoms with Crippen LogP contribution in [0.4, 0.5) is 11.6 Å². The van der Waals surface area contributed by atoms with Gasteiger partial charge in [0.15, 0.2) is 5.11 Å². The normalized spacial score (nSPS) is 10.4. The fourth-order valence-corrected chi connectivity index (χ4v) is 2.44. The van der Waals surface area contributed by atoms with Crippen LogP contribution in [0.15, 0.2) is 54.9 Å². The molecule has 7 heteroatoms. The number of aromatic nitrogens is 3. The van der Waals surface area contributed by atoms with Crippen LogP contribution < -0.4 is 10.6 Å². The van der Waals surface area contributed by atoms with Crippen LogP contribution in [-0.4, -0.2) is 19.9 Å². The highest BCUT2D eigenvalue weighted by Gasteiger charge is 2.04. The standard InChI is InChI=1S/C17H16ClN5S/c1-12-2-4-13(5-3-12)10-23-11-19-16(22-23)21-17(24)20-15-8-6-14(18)7-9-15/h2-9,11H,10H2,1H3,(H2,20,21,22,24).